The zero-order chi connectivity index (χ0) is 12.8. The summed E-state index contributed by atoms with van der Waals surface area (Å²) in [6.07, 6.45) is 0.199. The number of aliphatic carboxylic acids is 1. The molecule has 1 rings (SSSR count). The van der Waals surface area contributed by atoms with Gasteiger partial charge in [0.25, 0.3) is 5.91 Å². The summed E-state index contributed by atoms with van der Waals surface area (Å²) in [6.45, 7) is 0.245. The number of rotatable bonds is 6. The van der Waals surface area contributed by atoms with Crippen molar-refractivity contribution in [2.45, 2.75) is 24.5 Å². The molecule has 1 aliphatic rings. The number of carbonyl (C=O) groups excluding carboxylic acids is 3. The fourth-order valence-electron chi connectivity index (χ4n) is 1.23. The van der Waals surface area contributed by atoms with E-state index in [1.165, 1.54) is 0 Å². The van der Waals surface area contributed by atoms with Crippen LogP contribution in [0.15, 0.2) is 4.99 Å². The standard InChI is InChI=1S/C9H13N3O4S/c10-9-12-8(16)5(17-9)4-6(13)11-3-1-2-7(14)15/h5H,1-4H2,(H,11,13)(H,14,15)(H2,10,12,16)/p-1. The van der Waals surface area contributed by atoms with Crippen LogP contribution in [0.3, 0.4) is 0 Å². The Morgan fingerprint density at radius 2 is 2.24 bits per heavy atom. The highest BCUT2D eigenvalue weighted by Gasteiger charge is 2.28. The number of nitrogens with zero attached hydrogens (tertiary/aromatic N) is 1. The highest BCUT2D eigenvalue weighted by atomic mass is 32.2. The highest BCUT2D eigenvalue weighted by Crippen LogP contribution is 2.22. The molecule has 0 bridgehead atoms. The Morgan fingerprint density at radius 3 is 2.76 bits per heavy atom. The van der Waals surface area contributed by atoms with E-state index in [1.807, 2.05) is 0 Å². The molecule has 8 heteroatoms. The molecule has 17 heavy (non-hydrogen) atoms. The molecule has 94 valence electrons. The van der Waals surface area contributed by atoms with E-state index >= 15 is 0 Å². The molecule has 0 aromatic carbocycles. The van der Waals surface area contributed by atoms with Crippen molar-refractivity contribution in [1.29, 1.82) is 0 Å². The number of carbonyl (C=O) groups is 3. The lowest BCUT2D eigenvalue weighted by atomic mass is 10.2. The minimum Gasteiger partial charge on any atom is -0.550 e. The predicted molar refractivity (Wildman–Crippen MR) is 59.9 cm³/mol. The first-order valence-corrected chi connectivity index (χ1v) is 5.88. The Balaban J connectivity index is 2.18. The van der Waals surface area contributed by atoms with E-state index in [1.54, 1.807) is 0 Å². The van der Waals surface area contributed by atoms with Gasteiger partial charge < -0.3 is 21.0 Å². The molecule has 2 amide bonds. The van der Waals surface area contributed by atoms with Gasteiger partial charge in [-0.15, -0.1) is 0 Å². The molecule has 0 aromatic heterocycles. The van der Waals surface area contributed by atoms with E-state index in [2.05, 4.69) is 10.3 Å². The first-order valence-electron chi connectivity index (χ1n) is 5.00. The molecule has 1 aliphatic heterocycles. The quantitative estimate of drug-likeness (QED) is 0.530. The van der Waals surface area contributed by atoms with Crippen molar-refractivity contribution in [3.05, 3.63) is 0 Å². The Labute approximate surface area is 102 Å². The van der Waals surface area contributed by atoms with Crippen molar-refractivity contribution in [3.63, 3.8) is 0 Å². The highest BCUT2D eigenvalue weighted by molar-refractivity contribution is 8.15. The molecular weight excluding hydrogens is 246 g/mol. The number of carboxylic acid groups (broad SMARTS) is 1. The van der Waals surface area contributed by atoms with Crippen molar-refractivity contribution >= 4 is 34.7 Å². The zero-order valence-electron chi connectivity index (χ0n) is 8.97. The molecule has 3 N–H and O–H groups in total. The first kappa shape index (κ1) is 13.5. The average molecular weight is 258 g/mol. The van der Waals surface area contributed by atoms with Crippen molar-refractivity contribution in [1.82, 2.24) is 5.32 Å². The lowest BCUT2D eigenvalue weighted by Crippen LogP contribution is -2.30. The van der Waals surface area contributed by atoms with Crippen LogP contribution in [0.1, 0.15) is 19.3 Å². The minimum atomic E-state index is -1.15. The summed E-state index contributed by atoms with van der Waals surface area (Å²) >= 11 is 1.06. The lowest BCUT2D eigenvalue weighted by molar-refractivity contribution is -0.305. The van der Waals surface area contributed by atoms with Crippen LogP contribution in [0, 0.1) is 0 Å². The van der Waals surface area contributed by atoms with E-state index < -0.39 is 17.1 Å². The van der Waals surface area contributed by atoms with Gasteiger partial charge in [0.15, 0.2) is 5.17 Å². The molecule has 0 fully saturated rings. The van der Waals surface area contributed by atoms with Gasteiger partial charge in [-0.3, -0.25) is 9.59 Å². The monoisotopic (exact) mass is 258 g/mol. The van der Waals surface area contributed by atoms with Crippen molar-refractivity contribution in [3.8, 4) is 0 Å². The topological polar surface area (TPSA) is 125 Å². The number of hydrogen-bond acceptors (Lipinski definition) is 6. The number of aliphatic imine (C=N–C) groups is 1. The van der Waals surface area contributed by atoms with Crippen molar-refractivity contribution in [2.75, 3.05) is 6.54 Å². The van der Waals surface area contributed by atoms with Crippen LogP contribution in [0.4, 0.5) is 0 Å². The summed E-state index contributed by atoms with van der Waals surface area (Å²) in [4.78, 5) is 36.1. The van der Waals surface area contributed by atoms with Crippen molar-refractivity contribution in [2.24, 2.45) is 10.7 Å². The van der Waals surface area contributed by atoms with Gasteiger partial charge in [0, 0.05) is 18.9 Å². The molecule has 1 atom stereocenters. The molecule has 0 radical (unpaired) electrons. The number of amides is 2. The minimum absolute atomic E-state index is 0.000971. The number of nitrogens with one attached hydrogen (secondary N) is 1. The Morgan fingerprint density at radius 1 is 1.53 bits per heavy atom. The summed E-state index contributed by atoms with van der Waals surface area (Å²) in [7, 11) is 0. The van der Waals surface area contributed by atoms with Gasteiger partial charge >= 0.3 is 0 Å². The van der Waals surface area contributed by atoms with Crippen LogP contribution in [0.25, 0.3) is 0 Å². The number of nitrogens with two attached hydrogens (primary N) is 1. The lowest BCUT2D eigenvalue weighted by Gasteiger charge is -2.07. The second-order valence-electron chi connectivity index (χ2n) is 3.42. The molecule has 1 unspecified atom stereocenters. The third-order valence-corrected chi connectivity index (χ3v) is 3.00. The maximum atomic E-state index is 11.4. The molecule has 1 heterocycles. The van der Waals surface area contributed by atoms with E-state index in [0.29, 0.717) is 6.42 Å². The number of carboxylic acids is 1. The van der Waals surface area contributed by atoms with Gasteiger partial charge in [-0.1, -0.05) is 11.8 Å². The summed E-state index contributed by atoms with van der Waals surface area (Å²) < 4.78 is 0. The van der Waals surface area contributed by atoms with Gasteiger partial charge in [0.05, 0.1) is 0 Å². The van der Waals surface area contributed by atoms with Crippen molar-refractivity contribution < 1.29 is 19.5 Å². The summed E-state index contributed by atoms with van der Waals surface area (Å²) in [5.74, 6) is -1.88. The van der Waals surface area contributed by atoms with E-state index in [0.717, 1.165) is 11.8 Å². The molecule has 0 aromatic rings. The van der Waals surface area contributed by atoms with E-state index in [9.17, 15) is 19.5 Å². The second kappa shape index (κ2) is 6.24. The third-order valence-electron chi connectivity index (χ3n) is 2.01. The van der Waals surface area contributed by atoms with Gasteiger partial charge in [0.1, 0.15) is 5.25 Å². The predicted octanol–water partition coefficient (Wildman–Crippen LogP) is -2.02. The smallest absolute Gasteiger partial charge is 0.262 e. The maximum Gasteiger partial charge on any atom is 0.262 e. The number of hydrogen-bond donors (Lipinski definition) is 2. The average Bonchev–Trinajstić information content (AvgIpc) is 2.52. The van der Waals surface area contributed by atoms with Crippen LogP contribution >= 0.6 is 11.8 Å². The summed E-state index contributed by atoms with van der Waals surface area (Å²) in [6, 6.07) is 0. The van der Waals surface area contributed by atoms with Crippen LogP contribution < -0.4 is 16.2 Å². The van der Waals surface area contributed by atoms with Gasteiger partial charge in [-0.05, 0) is 12.8 Å². The largest absolute Gasteiger partial charge is 0.550 e. The molecule has 0 saturated carbocycles. The fourth-order valence-corrected chi connectivity index (χ4v) is 2.06. The summed E-state index contributed by atoms with van der Waals surface area (Å²) in [5, 5.41) is 12.2. The third kappa shape index (κ3) is 4.85. The fraction of sp³-hybridized carbons (Fsp3) is 0.556. The van der Waals surface area contributed by atoms with E-state index in [-0.39, 0.29) is 30.5 Å². The SMILES string of the molecule is NC1=NC(=O)C(CC(=O)NCCCC(=O)[O-])S1. The second-order valence-corrected chi connectivity index (χ2v) is 4.65. The maximum absolute atomic E-state index is 11.4. The van der Waals surface area contributed by atoms with Gasteiger partial charge in [-0.2, -0.15) is 4.99 Å². The normalized spacial score (nSPS) is 18.9. The molecular formula is C9H12N3O4S-. The molecule has 7 nitrogen and oxygen atoms in total. The van der Waals surface area contributed by atoms with Crippen LogP contribution in [-0.4, -0.2) is 34.7 Å². The first-order chi connectivity index (χ1) is 7.99. The van der Waals surface area contributed by atoms with Crippen LogP contribution in [0.5, 0.6) is 0 Å². The molecule has 0 spiro atoms. The Kier molecular flexibility index (Phi) is 4.95. The molecule has 0 aliphatic carbocycles. The van der Waals surface area contributed by atoms with Crippen LogP contribution in [-0.2, 0) is 14.4 Å². The van der Waals surface area contributed by atoms with Gasteiger partial charge in [0.2, 0.25) is 5.91 Å². The van der Waals surface area contributed by atoms with E-state index in [4.69, 9.17) is 5.73 Å². The summed E-state index contributed by atoms with van der Waals surface area (Å²) in [5.41, 5.74) is 5.33. The Bertz CT molecular complexity index is 369. The molecule has 0 saturated heterocycles. The number of amidine groups is 1. The Hall–Kier alpha value is -1.57. The zero-order valence-corrected chi connectivity index (χ0v) is 9.79. The van der Waals surface area contributed by atoms with Crippen LogP contribution in [0.2, 0.25) is 0 Å². The number of thioether (sulfide) groups is 1. The van der Waals surface area contributed by atoms with Gasteiger partial charge in [-0.25, -0.2) is 0 Å².